The average Bonchev–Trinajstić information content (AvgIpc) is 3.12. The Kier molecular flexibility index (Phi) is 6.96. The van der Waals surface area contributed by atoms with Crippen molar-refractivity contribution >= 4 is 17.5 Å². The number of carboxylic acid groups (broad SMARTS) is 1. The first-order chi connectivity index (χ1) is 18.2. The fourth-order valence-corrected chi connectivity index (χ4v) is 8.71. The van der Waals surface area contributed by atoms with Gasteiger partial charge in [-0.2, -0.15) is 0 Å². The lowest BCUT2D eigenvalue weighted by Gasteiger charge is -2.62. The predicted molar refractivity (Wildman–Crippen MR) is 132 cm³/mol. The second kappa shape index (κ2) is 9.53. The zero-order valence-electron chi connectivity index (χ0n) is 22.2. The maximum absolute atomic E-state index is 17.2. The Morgan fingerprint density at radius 1 is 1.13 bits per heavy atom. The van der Waals surface area contributed by atoms with E-state index in [0.717, 1.165) is 0 Å². The van der Waals surface area contributed by atoms with E-state index in [1.54, 1.807) is 13.0 Å². The minimum Gasteiger partial charge on any atom is -0.479 e. The number of alkyl halides is 1. The summed E-state index contributed by atoms with van der Waals surface area (Å²) in [6.45, 7) is 4.97. The lowest BCUT2D eigenvalue weighted by atomic mass is 9.45. The lowest BCUT2D eigenvalue weighted by molar-refractivity contribution is -0.292. The Morgan fingerprint density at radius 3 is 2.49 bits per heavy atom. The van der Waals surface area contributed by atoms with E-state index in [4.69, 9.17) is 9.47 Å². The Morgan fingerprint density at radius 2 is 1.82 bits per heavy atom. The van der Waals surface area contributed by atoms with Crippen molar-refractivity contribution in [3.05, 3.63) is 23.8 Å². The predicted octanol–water partition coefficient (Wildman–Crippen LogP) is 0.697. The minimum absolute atomic E-state index is 0.0324. The van der Waals surface area contributed by atoms with Crippen LogP contribution in [0.2, 0.25) is 0 Å². The molecule has 1 saturated heterocycles. The smallest absolute Gasteiger partial charge is 0.335 e. The fraction of sp³-hybridized carbons (Fsp3) is 0.750. The highest BCUT2D eigenvalue weighted by molar-refractivity contribution is 6.01. The molecule has 3 saturated carbocycles. The molecule has 0 aromatic rings. The topological polar surface area (TPSA) is 171 Å². The van der Waals surface area contributed by atoms with Crippen LogP contribution < -0.4 is 0 Å². The second-order valence-corrected chi connectivity index (χ2v) is 12.6. The van der Waals surface area contributed by atoms with Gasteiger partial charge in [-0.3, -0.25) is 9.59 Å². The van der Waals surface area contributed by atoms with Crippen LogP contribution in [0.5, 0.6) is 0 Å². The number of hydrogen-bond donors (Lipinski definition) is 5. The molecule has 11 heteroatoms. The monoisotopic (exact) mass is 552 g/mol. The van der Waals surface area contributed by atoms with Crippen molar-refractivity contribution in [2.75, 3.05) is 6.61 Å². The van der Waals surface area contributed by atoms with Crippen LogP contribution in [0.25, 0.3) is 0 Å². The number of aliphatic carboxylic acids is 1. The molecule has 10 nitrogen and oxygen atoms in total. The summed E-state index contributed by atoms with van der Waals surface area (Å²) in [4.78, 5) is 37.0. The van der Waals surface area contributed by atoms with Crippen molar-refractivity contribution < 1.29 is 53.8 Å². The number of aliphatic hydroxyl groups excluding tert-OH is 4. The van der Waals surface area contributed by atoms with Gasteiger partial charge in [0.25, 0.3) is 0 Å². The molecule has 0 unspecified atom stereocenters. The largest absolute Gasteiger partial charge is 0.479 e. The number of carbonyl (C=O) groups excluding carboxylic acids is 2. The Hall–Kier alpha value is -2.02. The molecule has 5 rings (SSSR count). The van der Waals surface area contributed by atoms with Gasteiger partial charge in [-0.05, 0) is 62.0 Å². The van der Waals surface area contributed by atoms with Crippen LogP contribution >= 0.6 is 0 Å². The molecule has 39 heavy (non-hydrogen) atoms. The SMILES string of the molecule is C[C@@H]1C[C@H]2[C@@H]3CCC4=CC(=O)C=C[C@]4(C)[C@@]3(F)[C@@H](O)C[C@]2(C)[C@H]1C(=O)CO[C@@H]1O[C@H](C(=O)O)[C@@H](O)[C@H](O)[C@H]1O. The summed E-state index contributed by atoms with van der Waals surface area (Å²) in [5, 5.41) is 50.8. The summed E-state index contributed by atoms with van der Waals surface area (Å²) in [6.07, 6.45) is -4.42. The molecule has 216 valence electrons. The van der Waals surface area contributed by atoms with Gasteiger partial charge in [0.1, 0.15) is 24.9 Å². The molecule has 0 amide bonds. The van der Waals surface area contributed by atoms with Gasteiger partial charge < -0.3 is 35.0 Å². The second-order valence-electron chi connectivity index (χ2n) is 12.6. The maximum atomic E-state index is 17.2. The van der Waals surface area contributed by atoms with Crippen molar-refractivity contribution in [3.8, 4) is 0 Å². The number of carbonyl (C=O) groups is 3. The van der Waals surface area contributed by atoms with Gasteiger partial charge in [-0.15, -0.1) is 0 Å². The summed E-state index contributed by atoms with van der Waals surface area (Å²) in [5.41, 5.74) is -3.20. The summed E-state index contributed by atoms with van der Waals surface area (Å²) >= 11 is 0. The molecule has 1 aliphatic heterocycles. The third-order valence-corrected chi connectivity index (χ3v) is 10.5. The molecule has 13 atom stereocenters. The highest BCUT2D eigenvalue weighted by Gasteiger charge is 2.71. The van der Waals surface area contributed by atoms with Gasteiger partial charge >= 0.3 is 5.97 Å². The van der Waals surface area contributed by atoms with Crippen molar-refractivity contribution in [2.24, 2.45) is 34.5 Å². The third kappa shape index (κ3) is 3.99. The number of Topliss-reactive ketones (excluding diaryl/α,β-unsaturated/α-hetero) is 1. The standard InChI is InChI=1S/C28H37FO10/c1-12-8-16-15-5-4-13-9-14(30)6-7-27(13,3)28(15,29)18(32)10-26(16,2)19(12)17(31)11-38-25-22(35)20(33)21(34)23(39-25)24(36)37/h6-7,9,12,15-16,18-23,25,32-35H,4-5,8,10-11H2,1-3H3,(H,36,37)/t12-,15+,16+,18+,19-,20+,21+,22-,23+,25-,26+,27+,28+/m1/s1. The molecule has 0 aromatic heterocycles. The molecule has 0 radical (unpaired) electrons. The Balaban J connectivity index is 1.36. The van der Waals surface area contributed by atoms with Crippen molar-refractivity contribution in [2.45, 2.75) is 88.9 Å². The van der Waals surface area contributed by atoms with E-state index in [9.17, 15) is 39.9 Å². The van der Waals surface area contributed by atoms with Crippen LogP contribution in [0.3, 0.4) is 0 Å². The number of carboxylic acids is 1. The highest BCUT2D eigenvalue weighted by atomic mass is 19.1. The number of halogens is 1. The van der Waals surface area contributed by atoms with Crippen LogP contribution in [-0.4, -0.2) is 92.2 Å². The van der Waals surface area contributed by atoms with E-state index in [-0.39, 0.29) is 29.8 Å². The number of ether oxygens (including phenoxy) is 2. The average molecular weight is 553 g/mol. The summed E-state index contributed by atoms with van der Waals surface area (Å²) in [7, 11) is 0. The van der Waals surface area contributed by atoms with E-state index in [0.29, 0.717) is 24.8 Å². The summed E-state index contributed by atoms with van der Waals surface area (Å²) in [5.74, 6) is -3.65. The minimum atomic E-state index is -2.00. The molecular weight excluding hydrogens is 515 g/mol. The van der Waals surface area contributed by atoms with Crippen LogP contribution in [0.1, 0.15) is 46.5 Å². The van der Waals surface area contributed by atoms with Gasteiger partial charge in [0.15, 0.2) is 29.6 Å². The van der Waals surface area contributed by atoms with E-state index >= 15 is 4.39 Å². The van der Waals surface area contributed by atoms with E-state index in [1.165, 1.54) is 12.2 Å². The first-order valence-corrected chi connectivity index (χ1v) is 13.5. The number of hydrogen-bond acceptors (Lipinski definition) is 9. The Bertz CT molecular complexity index is 1120. The van der Waals surface area contributed by atoms with E-state index < -0.39 is 77.7 Å². The van der Waals surface area contributed by atoms with E-state index in [1.807, 2.05) is 13.8 Å². The molecule has 5 N–H and O–H groups in total. The van der Waals surface area contributed by atoms with Crippen LogP contribution in [0.15, 0.2) is 23.8 Å². The van der Waals surface area contributed by atoms with Crippen molar-refractivity contribution in [1.29, 1.82) is 0 Å². The first kappa shape index (κ1) is 28.5. The molecule has 4 aliphatic carbocycles. The van der Waals surface area contributed by atoms with Crippen molar-refractivity contribution in [1.82, 2.24) is 0 Å². The van der Waals surface area contributed by atoms with Gasteiger partial charge in [-0.1, -0.05) is 25.5 Å². The first-order valence-electron chi connectivity index (χ1n) is 13.5. The summed E-state index contributed by atoms with van der Waals surface area (Å²) in [6, 6.07) is 0. The lowest BCUT2D eigenvalue weighted by Crippen LogP contribution is -2.66. The summed E-state index contributed by atoms with van der Waals surface area (Å²) < 4.78 is 27.8. The van der Waals surface area contributed by atoms with Gasteiger partial charge in [0.2, 0.25) is 0 Å². The Labute approximate surface area is 225 Å². The van der Waals surface area contributed by atoms with Crippen molar-refractivity contribution in [3.63, 3.8) is 0 Å². The molecule has 0 spiro atoms. The number of rotatable bonds is 5. The quantitative estimate of drug-likeness (QED) is 0.327. The number of fused-ring (bicyclic) bond motifs is 5. The molecular formula is C28H37FO10. The van der Waals surface area contributed by atoms with Gasteiger partial charge in [-0.25, -0.2) is 9.18 Å². The molecule has 4 fully saturated rings. The molecule has 1 heterocycles. The van der Waals surface area contributed by atoms with Gasteiger partial charge in [0.05, 0.1) is 6.10 Å². The zero-order valence-corrected chi connectivity index (χ0v) is 22.2. The number of aliphatic hydroxyl groups is 4. The molecule has 0 bridgehead atoms. The fourth-order valence-electron chi connectivity index (χ4n) is 8.71. The maximum Gasteiger partial charge on any atom is 0.335 e. The third-order valence-electron chi connectivity index (χ3n) is 10.5. The van der Waals surface area contributed by atoms with Crippen LogP contribution in [0.4, 0.5) is 4.39 Å². The van der Waals surface area contributed by atoms with E-state index in [2.05, 4.69) is 0 Å². The normalized spacial score (nSPS) is 51.0. The number of ketones is 2. The number of allylic oxidation sites excluding steroid dienone is 4. The van der Waals surface area contributed by atoms with Crippen LogP contribution in [-0.2, 0) is 23.9 Å². The highest BCUT2D eigenvalue weighted by Crippen LogP contribution is 2.69. The zero-order chi connectivity index (χ0) is 28.7. The van der Waals surface area contributed by atoms with Crippen LogP contribution in [0, 0.1) is 34.5 Å². The molecule has 0 aromatic carbocycles. The molecule has 5 aliphatic rings. The van der Waals surface area contributed by atoms with Gasteiger partial charge in [0, 0.05) is 17.3 Å².